The third-order valence-electron chi connectivity index (χ3n) is 3.58. The normalized spacial score (nSPS) is 22.1. The minimum absolute atomic E-state index is 0.150. The van der Waals surface area contributed by atoms with E-state index >= 15 is 0 Å². The third-order valence-corrected chi connectivity index (χ3v) is 4.35. The predicted molar refractivity (Wildman–Crippen MR) is 80.1 cm³/mol. The van der Waals surface area contributed by atoms with E-state index in [9.17, 15) is 4.79 Å². The highest BCUT2D eigenvalue weighted by Gasteiger charge is 2.24. The summed E-state index contributed by atoms with van der Waals surface area (Å²) < 4.78 is 12.4. The number of hydrogen-bond donors (Lipinski definition) is 1. The molecule has 6 nitrogen and oxygen atoms in total. The summed E-state index contributed by atoms with van der Waals surface area (Å²) >= 11 is 3.34. The zero-order valence-electron chi connectivity index (χ0n) is 11.8. The molecule has 1 aliphatic rings. The van der Waals surface area contributed by atoms with Gasteiger partial charge in [0.05, 0.1) is 31.1 Å². The first-order chi connectivity index (χ1) is 9.63. The summed E-state index contributed by atoms with van der Waals surface area (Å²) in [5.41, 5.74) is 0.575. The Labute approximate surface area is 126 Å². The standard InChI is InChI=1S/C13H20BrN3O3/c1-9-10(3-5-20-9)7-15-11-8-16-17(4-6-19-2)13(18)12(11)14/h8-10,15H,3-7H2,1-2H3. The van der Waals surface area contributed by atoms with Crippen LogP contribution in [0.1, 0.15) is 13.3 Å². The molecule has 0 aliphatic carbocycles. The molecular weight excluding hydrogens is 326 g/mol. The lowest BCUT2D eigenvalue weighted by Gasteiger charge is -2.16. The SMILES string of the molecule is COCCn1ncc(NCC2CCOC2C)c(Br)c1=O. The quantitative estimate of drug-likeness (QED) is 0.846. The average molecular weight is 346 g/mol. The zero-order valence-corrected chi connectivity index (χ0v) is 13.4. The molecule has 0 saturated carbocycles. The van der Waals surface area contributed by atoms with E-state index < -0.39 is 0 Å². The number of aromatic nitrogens is 2. The van der Waals surface area contributed by atoms with Crippen LogP contribution in [0.5, 0.6) is 0 Å². The van der Waals surface area contributed by atoms with E-state index in [4.69, 9.17) is 9.47 Å². The van der Waals surface area contributed by atoms with Crippen molar-refractivity contribution in [3.05, 3.63) is 21.0 Å². The van der Waals surface area contributed by atoms with Crippen molar-refractivity contribution < 1.29 is 9.47 Å². The molecule has 0 aromatic carbocycles. The van der Waals surface area contributed by atoms with Gasteiger partial charge in [-0.3, -0.25) is 4.79 Å². The Bertz CT molecular complexity index is 506. The van der Waals surface area contributed by atoms with Crippen LogP contribution in [-0.2, 0) is 16.0 Å². The van der Waals surface area contributed by atoms with E-state index in [1.54, 1.807) is 13.3 Å². The molecule has 2 heterocycles. The van der Waals surface area contributed by atoms with Crippen LogP contribution in [0, 0.1) is 5.92 Å². The van der Waals surface area contributed by atoms with Crippen molar-refractivity contribution in [2.24, 2.45) is 5.92 Å². The minimum atomic E-state index is -0.150. The van der Waals surface area contributed by atoms with Crippen molar-refractivity contribution in [3.8, 4) is 0 Å². The van der Waals surface area contributed by atoms with Crippen molar-refractivity contribution in [3.63, 3.8) is 0 Å². The van der Waals surface area contributed by atoms with Crippen LogP contribution in [0.4, 0.5) is 5.69 Å². The molecule has 0 radical (unpaired) electrons. The maximum absolute atomic E-state index is 12.1. The van der Waals surface area contributed by atoms with Crippen molar-refractivity contribution in [2.45, 2.75) is 26.0 Å². The zero-order chi connectivity index (χ0) is 14.5. The molecule has 1 N–H and O–H groups in total. The van der Waals surface area contributed by atoms with Crippen LogP contribution in [0.3, 0.4) is 0 Å². The molecule has 1 aromatic heterocycles. The van der Waals surface area contributed by atoms with Gasteiger partial charge in [0.2, 0.25) is 0 Å². The molecule has 1 fully saturated rings. The van der Waals surface area contributed by atoms with Crippen LogP contribution in [0.2, 0.25) is 0 Å². The van der Waals surface area contributed by atoms with Crippen LogP contribution in [0.15, 0.2) is 15.5 Å². The van der Waals surface area contributed by atoms with Gasteiger partial charge in [-0.15, -0.1) is 0 Å². The molecule has 1 aromatic rings. The van der Waals surface area contributed by atoms with Gasteiger partial charge in [-0.1, -0.05) is 0 Å². The second kappa shape index (κ2) is 7.19. The van der Waals surface area contributed by atoms with E-state index in [1.807, 2.05) is 0 Å². The van der Waals surface area contributed by atoms with Gasteiger partial charge in [-0.05, 0) is 29.3 Å². The Morgan fingerprint density at radius 2 is 2.45 bits per heavy atom. The number of ether oxygens (including phenoxy) is 2. The molecule has 2 unspecified atom stereocenters. The van der Waals surface area contributed by atoms with Crippen molar-refractivity contribution >= 4 is 21.6 Å². The van der Waals surface area contributed by atoms with Crippen molar-refractivity contribution in [1.29, 1.82) is 0 Å². The van der Waals surface area contributed by atoms with Gasteiger partial charge in [0.15, 0.2) is 0 Å². The molecule has 2 atom stereocenters. The number of hydrogen-bond acceptors (Lipinski definition) is 5. The smallest absolute Gasteiger partial charge is 0.283 e. The van der Waals surface area contributed by atoms with E-state index in [1.165, 1.54) is 4.68 Å². The second-order valence-electron chi connectivity index (χ2n) is 4.90. The van der Waals surface area contributed by atoms with Crippen LogP contribution < -0.4 is 10.9 Å². The number of nitrogens with one attached hydrogen (secondary N) is 1. The van der Waals surface area contributed by atoms with Crippen LogP contribution in [-0.4, -0.2) is 42.8 Å². The molecule has 1 aliphatic heterocycles. The molecule has 20 heavy (non-hydrogen) atoms. The highest BCUT2D eigenvalue weighted by Crippen LogP contribution is 2.22. The van der Waals surface area contributed by atoms with Gasteiger partial charge < -0.3 is 14.8 Å². The first kappa shape index (κ1) is 15.5. The van der Waals surface area contributed by atoms with Gasteiger partial charge in [-0.25, -0.2) is 4.68 Å². The number of rotatable bonds is 6. The van der Waals surface area contributed by atoms with E-state index in [0.717, 1.165) is 25.3 Å². The number of methoxy groups -OCH3 is 1. The number of nitrogens with zero attached hydrogens (tertiary/aromatic N) is 2. The van der Waals surface area contributed by atoms with Gasteiger partial charge in [-0.2, -0.15) is 5.10 Å². The first-order valence-electron chi connectivity index (χ1n) is 6.73. The summed E-state index contributed by atoms with van der Waals surface area (Å²) in [4.78, 5) is 12.1. The van der Waals surface area contributed by atoms with Gasteiger partial charge in [0.1, 0.15) is 4.47 Å². The highest BCUT2D eigenvalue weighted by atomic mass is 79.9. The van der Waals surface area contributed by atoms with Crippen LogP contribution in [0.25, 0.3) is 0 Å². The molecule has 0 amide bonds. The summed E-state index contributed by atoms with van der Waals surface area (Å²) in [6, 6.07) is 0. The number of halogens is 1. The molecule has 1 saturated heterocycles. The maximum Gasteiger partial charge on any atom is 0.283 e. The molecule has 0 spiro atoms. The Balaban J connectivity index is 2.01. The monoisotopic (exact) mass is 345 g/mol. The summed E-state index contributed by atoms with van der Waals surface area (Å²) in [5, 5.41) is 7.42. The van der Waals surface area contributed by atoms with Gasteiger partial charge in [0, 0.05) is 26.2 Å². The average Bonchev–Trinajstić information content (AvgIpc) is 2.85. The summed E-state index contributed by atoms with van der Waals surface area (Å²) in [6.45, 7) is 4.58. The van der Waals surface area contributed by atoms with E-state index in [0.29, 0.717) is 23.5 Å². The number of anilines is 1. The lowest BCUT2D eigenvalue weighted by Crippen LogP contribution is -2.27. The fourth-order valence-electron chi connectivity index (χ4n) is 2.21. The largest absolute Gasteiger partial charge is 0.383 e. The van der Waals surface area contributed by atoms with Crippen LogP contribution >= 0.6 is 15.9 Å². The fourth-order valence-corrected chi connectivity index (χ4v) is 2.66. The van der Waals surface area contributed by atoms with Crippen molar-refractivity contribution in [1.82, 2.24) is 9.78 Å². The highest BCUT2D eigenvalue weighted by molar-refractivity contribution is 9.10. The van der Waals surface area contributed by atoms with Gasteiger partial charge in [0.25, 0.3) is 5.56 Å². The van der Waals surface area contributed by atoms with E-state index in [2.05, 4.69) is 33.3 Å². The molecule has 0 bridgehead atoms. The topological polar surface area (TPSA) is 65.4 Å². The Hall–Kier alpha value is -0.920. The Morgan fingerprint density at radius 1 is 1.65 bits per heavy atom. The summed E-state index contributed by atoms with van der Waals surface area (Å²) in [7, 11) is 1.60. The molecule has 7 heteroatoms. The predicted octanol–water partition coefficient (Wildman–Crippen LogP) is 1.49. The molecular formula is C13H20BrN3O3. The minimum Gasteiger partial charge on any atom is -0.383 e. The van der Waals surface area contributed by atoms with Gasteiger partial charge >= 0.3 is 0 Å². The summed E-state index contributed by atoms with van der Waals surface area (Å²) in [5.74, 6) is 0.470. The Morgan fingerprint density at radius 3 is 3.10 bits per heavy atom. The third kappa shape index (κ3) is 3.59. The van der Waals surface area contributed by atoms with E-state index in [-0.39, 0.29) is 11.7 Å². The Kier molecular flexibility index (Phi) is 5.56. The summed E-state index contributed by atoms with van der Waals surface area (Å²) in [6.07, 6.45) is 2.97. The lowest BCUT2D eigenvalue weighted by molar-refractivity contribution is 0.108. The maximum atomic E-state index is 12.1. The van der Waals surface area contributed by atoms with Crippen molar-refractivity contribution in [2.75, 3.05) is 32.2 Å². The molecule has 2 rings (SSSR count). The lowest BCUT2D eigenvalue weighted by atomic mass is 10.0. The molecule has 112 valence electrons. The fraction of sp³-hybridized carbons (Fsp3) is 0.692. The second-order valence-corrected chi connectivity index (χ2v) is 5.69. The first-order valence-corrected chi connectivity index (χ1v) is 7.52.